The van der Waals surface area contributed by atoms with E-state index in [9.17, 15) is 0 Å². The number of methoxy groups -OCH3 is 3. The largest absolute Gasteiger partial charge is 0.496 e. The van der Waals surface area contributed by atoms with Gasteiger partial charge in [0, 0.05) is 23.6 Å². The molecule has 5 nitrogen and oxygen atoms in total. The van der Waals surface area contributed by atoms with Crippen molar-refractivity contribution in [2.24, 2.45) is 0 Å². The summed E-state index contributed by atoms with van der Waals surface area (Å²) in [6.45, 7) is 1.73. The molecule has 0 saturated carbocycles. The maximum atomic E-state index is 5.72. The summed E-state index contributed by atoms with van der Waals surface area (Å²) < 4.78 is 16.7. The Morgan fingerprint density at radius 2 is 1.60 bits per heavy atom. The minimum atomic E-state index is 0.636. The minimum Gasteiger partial charge on any atom is -0.496 e. The molecule has 1 aromatic heterocycles. The van der Waals surface area contributed by atoms with Gasteiger partial charge >= 0.3 is 0 Å². The van der Waals surface area contributed by atoms with Crippen LogP contribution in [0, 0.1) is 0 Å². The van der Waals surface area contributed by atoms with E-state index in [4.69, 9.17) is 19.2 Å². The highest BCUT2D eigenvalue weighted by Crippen LogP contribution is 2.43. The number of pyridine rings is 1. The molecule has 1 aliphatic heterocycles. The third kappa shape index (κ3) is 2.85. The van der Waals surface area contributed by atoms with Crippen LogP contribution in [0.1, 0.15) is 11.1 Å². The minimum absolute atomic E-state index is 0.636. The Labute approximate surface area is 175 Å². The number of rotatable bonds is 4. The summed E-state index contributed by atoms with van der Waals surface area (Å²) in [6.07, 6.45) is 0.963. The van der Waals surface area contributed by atoms with E-state index >= 15 is 0 Å². The number of benzene rings is 3. The molecule has 0 bridgehead atoms. The number of nitrogens with one attached hydrogen (secondary N) is 1. The Kier molecular flexibility index (Phi) is 4.68. The van der Waals surface area contributed by atoms with Crippen LogP contribution in [0.5, 0.6) is 17.2 Å². The third-order valence-corrected chi connectivity index (χ3v) is 5.91. The summed E-state index contributed by atoms with van der Waals surface area (Å²) in [6, 6.07) is 16.6. The molecule has 0 saturated heterocycles. The number of aromatic nitrogens is 1. The van der Waals surface area contributed by atoms with Gasteiger partial charge in [-0.15, -0.1) is 0 Å². The molecule has 5 heteroatoms. The first-order valence-electron chi connectivity index (χ1n) is 10.1. The van der Waals surface area contributed by atoms with Crippen LogP contribution in [-0.4, -0.2) is 32.9 Å². The zero-order valence-electron chi connectivity index (χ0n) is 17.4. The van der Waals surface area contributed by atoms with E-state index < -0.39 is 0 Å². The SMILES string of the molecule is COc1cc(OC)c(-c2nc3ccc4ccccc4c3c3c2CNCC3)cc1OC. The van der Waals surface area contributed by atoms with E-state index in [2.05, 4.69) is 41.7 Å². The van der Waals surface area contributed by atoms with E-state index in [1.807, 2.05) is 12.1 Å². The standard InChI is InChI=1S/C25H24N2O3/c1-28-21-13-23(30-3)22(29-2)12-18(21)25-19-14-26-11-10-17(19)24-16-7-5-4-6-15(16)8-9-20(24)27-25/h4-9,12-13,26H,10-11,14H2,1-3H3. The Morgan fingerprint density at radius 1 is 0.833 bits per heavy atom. The van der Waals surface area contributed by atoms with Crippen molar-refractivity contribution >= 4 is 21.7 Å². The molecule has 1 aliphatic rings. The average molecular weight is 400 g/mol. The second-order valence-electron chi connectivity index (χ2n) is 7.43. The fourth-order valence-corrected chi connectivity index (χ4v) is 4.48. The molecule has 0 spiro atoms. The van der Waals surface area contributed by atoms with Gasteiger partial charge < -0.3 is 19.5 Å². The topological polar surface area (TPSA) is 52.6 Å². The summed E-state index contributed by atoms with van der Waals surface area (Å²) >= 11 is 0. The number of hydrogen-bond acceptors (Lipinski definition) is 5. The molecule has 0 aliphatic carbocycles. The molecule has 0 radical (unpaired) electrons. The molecule has 3 aromatic carbocycles. The summed E-state index contributed by atoms with van der Waals surface area (Å²) in [4.78, 5) is 5.13. The first-order chi connectivity index (χ1) is 14.7. The van der Waals surface area contributed by atoms with Crippen LogP contribution in [0.4, 0.5) is 0 Å². The van der Waals surface area contributed by atoms with E-state index in [1.165, 1.54) is 27.3 Å². The Morgan fingerprint density at radius 3 is 2.40 bits per heavy atom. The van der Waals surface area contributed by atoms with Crippen molar-refractivity contribution in [2.45, 2.75) is 13.0 Å². The van der Waals surface area contributed by atoms with Crippen LogP contribution < -0.4 is 19.5 Å². The second kappa shape index (κ2) is 7.50. The fraction of sp³-hybridized carbons (Fsp3) is 0.240. The molecule has 152 valence electrons. The summed E-state index contributed by atoms with van der Waals surface area (Å²) in [5.41, 5.74) is 5.42. The van der Waals surface area contributed by atoms with Gasteiger partial charge in [-0.05, 0) is 47.0 Å². The Hall–Kier alpha value is -3.31. The van der Waals surface area contributed by atoms with Gasteiger partial charge in [0.1, 0.15) is 5.75 Å². The normalized spacial score (nSPS) is 13.3. The zero-order chi connectivity index (χ0) is 20.7. The molecule has 5 rings (SSSR count). The molecule has 0 fully saturated rings. The van der Waals surface area contributed by atoms with Gasteiger partial charge in [0.05, 0.1) is 32.5 Å². The quantitative estimate of drug-likeness (QED) is 0.502. The van der Waals surface area contributed by atoms with Crippen molar-refractivity contribution in [3.63, 3.8) is 0 Å². The molecule has 2 heterocycles. The molecule has 0 unspecified atom stereocenters. The molecule has 4 aromatic rings. The van der Waals surface area contributed by atoms with Gasteiger partial charge in [0.2, 0.25) is 0 Å². The van der Waals surface area contributed by atoms with E-state index in [1.54, 1.807) is 21.3 Å². The molecular formula is C25H24N2O3. The van der Waals surface area contributed by atoms with Gasteiger partial charge in [-0.3, -0.25) is 0 Å². The Bertz CT molecular complexity index is 1270. The van der Waals surface area contributed by atoms with Gasteiger partial charge in [-0.25, -0.2) is 4.98 Å². The monoisotopic (exact) mass is 400 g/mol. The summed E-state index contributed by atoms with van der Waals surface area (Å²) in [7, 11) is 4.94. The first-order valence-corrected chi connectivity index (χ1v) is 10.1. The summed E-state index contributed by atoms with van der Waals surface area (Å²) in [5.74, 6) is 2.01. The van der Waals surface area contributed by atoms with Gasteiger partial charge in [0.25, 0.3) is 0 Å². The lowest BCUT2D eigenvalue weighted by Gasteiger charge is -2.24. The summed E-state index contributed by atoms with van der Waals surface area (Å²) in [5, 5.41) is 7.27. The van der Waals surface area contributed by atoms with Crippen LogP contribution in [0.15, 0.2) is 48.5 Å². The van der Waals surface area contributed by atoms with Crippen molar-refractivity contribution < 1.29 is 14.2 Å². The number of fused-ring (bicyclic) bond motifs is 5. The number of ether oxygens (including phenoxy) is 3. The fourth-order valence-electron chi connectivity index (χ4n) is 4.48. The van der Waals surface area contributed by atoms with Crippen LogP contribution >= 0.6 is 0 Å². The highest BCUT2D eigenvalue weighted by atomic mass is 16.5. The van der Waals surface area contributed by atoms with E-state index in [0.717, 1.165) is 36.3 Å². The zero-order valence-corrected chi connectivity index (χ0v) is 17.4. The van der Waals surface area contributed by atoms with Crippen LogP contribution in [-0.2, 0) is 13.0 Å². The average Bonchev–Trinajstić information content (AvgIpc) is 2.82. The van der Waals surface area contributed by atoms with Crippen LogP contribution in [0.25, 0.3) is 32.9 Å². The Balaban J connectivity index is 1.86. The van der Waals surface area contributed by atoms with Crippen molar-refractivity contribution in [3.05, 3.63) is 59.7 Å². The molecule has 0 amide bonds. The first kappa shape index (κ1) is 18.7. The predicted octanol–water partition coefficient (Wildman–Crippen LogP) is 4.73. The molecule has 1 N–H and O–H groups in total. The molecule has 30 heavy (non-hydrogen) atoms. The van der Waals surface area contributed by atoms with E-state index in [-0.39, 0.29) is 0 Å². The smallest absolute Gasteiger partial charge is 0.164 e. The predicted molar refractivity (Wildman–Crippen MR) is 120 cm³/mol. The van der Waals surface area contributed by atoms with Crippen molar-refractivity contribution in [1.29, 1.82) is 0 Å². The lowest BCUT2D eigenvalue weighted by Crippen LogP contribution is -2.25. The lowest BCUT2D eigenvalue weighted by atomic mass is 9.90. The van der Waals surface area contributed by atoms with Crippen molar-refractivity contribution in [1.82, 2.24) is 10.3 Å². The maximum Gasteiger partial charge on any atom is 0.164 e. The highest BCUT2D eigenvalue weighted by molar-refractivity contribution is 6.09. The second-order valence-corrected chi connectivity index (χ2v) is 7.43. The highest BCUT2D eigenvalue weighted by Gasteiger charge is 2.23. The lowest BCUT2D eigenvalue weighted by molar-refractivity contribution is 0.349. The van der Waals surface area contributed by atoms with E-state index in [0.29, 0.717) is 17.2 Å². The maximum absolute atomic E-state index is 5.72. The number of hydrogen-bond donors (Lipinski definition) is 1. The number of nitrogens with zero attached hydrogens (tertiary/aromatic N) is 1. The molecular weight excluding hydrogens is 376 g/mol. The van der Waals surface area contributed by atoms with Crippen molar-refractivity contribution in [2.75, 3.05) is 27.9 Å². The van der Waals surface area contributed by atoms with Gasteiger partial charge in [-0.1, -0.05) is 30.3 Å². The third-order valence-electron chi connectivity index (χ3n) is 5.91. The molecule has 0 atom stereocenters. The van der Waals surface area contributed by atoms with Gasteiger partial charge in [0.15, 0.2) is 11.5 Å². The van der Waals surface area contributed by atoms with Crippen molar-refractivity contribution in [3.8, 4) is 28.5 Å². The van der Waals surface area contributed by atoms with Crippen LogP contribution in [0.2, 0.25) is 0 Å². The van der Waals surface area contributed by atoms with Gasteiger partial charge in [-0.2, -0.15) is 0 Å². The van der Waals surface area contributed by atoms with Crippen LogP contribution in [0.3, 0.4) is 0 Å².